The third-order valence-corrected chi connectivity index (χ3v) is 6.16. The summed E-state index contributed by atoms with van der Waals surface area (Å²) in [6.07, 6.45) is 4.96. The van der Waals surface area contributed by atoms with Crippen molar-refractivity contribution >= 4 is 23.1 Å². The molecular weight excluding hydrogens is 454 g/mol. The van der Waals surface area contributed by atoms with Crippen LogP contribution in [0.5, 0.6) is 5.75 Å². The maximum Gasteiger partial charge on any atom is 0.295 e. The highest BCUT2D eigenvalue weighted by Gasteiger charge is 2.46. The number of carbonyl (C=O) groups excluding carboxylic acids is 2. The zero-order valence-electron chi connectivity index (χ0n) is 20.6. The van der Waals surface area contributed by atoms with E-state index < -0.39 is 17.7 Å². The van der Waals surface area contributed by atoms with Gasteiger partial charge in [0.25, 0.3) is 11.7 Å². The van der Waals surface area contributed by atoms with E-state index in [0.29, 0.717) is 23.5 Å². The van der Waals surface area contributed by atoms with Gasteiger partial charge in [0.1, 0.15) is 18.1 Å². The Morgan fingerprint density at radius 1 is 1.17 bits per heavy atom. The van der Waals surface area contributed by atoms with E-state index in [-0.39, 0.29) is 17.9 Å². The molecule has 0 aliphatic carbocycles. The van der Waals surface area contributed by atoms with Gasteiger partial charge < -0.3 is 19.6 Å². The van der Waals surface area contributed by atoms with Crippen LogP contribution in [-0.2, 0) is 16.1 Å². The summed E-state index contributed by atoms with van der Waals surface area (Å²) in [5.41, 5.74) is 3.74. The fourth-order valence-corrected chi connectivity index (χ4v) is 4.32. The van der Waals surface area contributed by atoms with Crippen molar-refractivity contribution in [3.8, 4) is 5.75 Å². The number of aromatic nitrogens is 1. The Morgan fingerprint density at radius 3 is 2.53 bits per heavy atom. The fraction of sp³-hybridized carbons (Fsp3) is 0.207. The second kappa shape index (κ2) is 10.5. The number of aliphatic hydroxyl groups is 1. The van der Waals surface area contributed by atoms with E-state index >= 15 is 0 Å². The highest BCUT2D eigenvalue weighted by Crippen LogP contribution is 2.41. The average molecular weight is 484 g/mol. The molecule has 3 aromatic rings. The summed E-state index contributed by atoms with van der Waals surface area (Å²) in [5, 5.41) is 11.4. The SMILES string of the molecule is C=CCOc1ccc(/C(O)=C2\C(=O)C(=O)N(Cc3cccnc3)C2c2ccc(N(C)C)cc2)c(C)c1. The van der Waals surface area contributed by atoms with Crippen LogP contribution in [0.2, 0.25) is 0 Å². The molecule has 2 heterocycles. The van der Waals surface area contributed by atoms with E-state index in [1.807, 2.05) is 56.3 Å². The fourth-order valence-electron chi connectivity index (χ4n) is 4.32. The molecule has 0 spiro atoms. The number of anilines is 1. The van der Waals surface area contributed by atoms with Crippen LogP contribution >= 0.6 is 0 Å². The Labute approximate surface area is 211 Å². The molecule has 1 aliphatic heterocycles. The summed E-state index contributed by atoms with van der Waals surface area (Å²) in [7, 11) is 3.88. The van der Waals surface area contributed by atoms with Crippen LogP contribution in [0.4, 0.5) is 5.69 Å². The molecule has 36 heavy (non-hydrogen) atoms. The molecule has 7 nitrogen and oxygen atoms in total. The molecule has 1 aromatic heterocycles. The number of amides is 1. The maximum absolute atomic E-state index is 13.3. The van der Waals surface area contributed by atoms with Crippen molar-refractivity contribution in [3.05, 3.63) is 107 Å². The third kappa shape index (κ3) is 4.86. The number of carbonyl (C=O) groups is 2. The number of likely N-dealkylation sites (tertiary alicyclic amines) is 1. The van der Waals surface area contributed by atoms with E-state index in [1.54, 1.807) is 42.7 Å². The zero-order chi connectivity index (χ0) is 25.8. The van der Waals surface area contributed by atoms with Crippen molar-refractivity contribution in [3.63, 3.8) is 0 Å². The molecular formula is C29H29N3O4. The van der Waals surface area contributed by atoms with Gasteiger partial charge in [-0.3, -0.25) is 14.6 Å². The topological polar surface area (TPSA) is 83.0 Å². The number of ether oxygens (including phenoxy) is 1. The minimum Gasteiger partial charge on any atom is -0.507 e. The van der Waals surface area contributed by atoms with Crippen LogP contribution in [0.3, 0.4) is 0 Å². The van der Waals surface area contributed by atoms with E-state index in [0.717, 1.165) is 16.8 Å². The number of hydrogen-bond donors (Lipinski definition) is 1. The van der Waals surface area contributed by atoms with Gasteiger partial charge >= 0.3 is 0 Å². The first-order chi connectivity index (χ1) is 17.3. The first-order valence-corrected chi connectivity index (χ1v) is 11.6. The summed E-state index contributed by atoms with van der Waals surface area (Å²) >= 11 is 0. The molecule has 2 aromatic carbocycles. The Hall–Kier alpha value is -4.39. The normalized spacial score (nSPS) is 16.8. The predicted octanol–water partition coefficient (Wildman–Crippen LogP) is 4.64. The highest BCUT2D eigenvalue weighted by molar-refractivity contribution is 6.46. The van der Waals surface area contributed by atoms with Crippen molar-refractivity contribution in [2.45, 2.75) is 19.5 Å². The van der Waals surface area contributed by atoms with Gasteiger partial charge in [-0.15, -0.1) is 0 Å². The third-order valence-electron chi connectivity index (χ3n) is 6.16. The first-order valence-electron chi connectivity index (χ1n) is 11.6. The van der Waals surface area contributed by atoms with Crippen LogP contribution in [-0.4, -0.2) is 47.4 Å². The van der Waals surface area contributed by atoms with E-state index in [1.165, 1.54) is 4.90 Å². The van der Waals surface area contributed by atoms with Crippen LogP contribution in [0.15, 0.2) is 85.2 Å². The molecule has 0 bridgehead atoms. The number of Topliss-reactive ketones (excluding diaryl/α,β-unsaturated/α-hetero) is 1. The number of aryl methyl sites for hydroxylation is 1. The maximum atomic E-state index is 13.3. The molecule has 1 aliphatic rings. The van der Waals surface area contributed by atoms with Gasteiger partial charge in [0, 0.05) is 44.3 Å². The Balaban J connectivity index is 1.83. The number of ketones is 1. The van der Waals surface area contributed by atoms with Crippen LogP contribution < -0.4 is 9.64 Å². The molecule has 1 amide bonds. The van der Waals surface area contributed by atoms with E-state index in [2.05, 4.69) is 11.6 Å². The molecule has 1 atom stereocenters. The van der Waals surface area contributed by atoms with Crippen molar-refractivity contribution in [1.29, 1.82) is 0 Å². The molecule has 0 radical (unpaired) electrons. The average Bonchev–Trinajstić information content (AvgIpc) is 3.12. The second-order valence-electron chi connectivity index (χ2n) is 8.85. The minimum atomic E-state index is -0.752. The molecule has 4 rings (SSSR count). The number of rotatable bonds is 8. The molecule has 1 N–H and O–H groups in total. The lowest BCUT2D eigenvalue weighted by atomic mass is 9.93. The second-order valence-corrected chi connectivity index (χ2v) is 8.85. The quantitative estimate of drug-likeness (QED) is 0.218. The van der Waals surface area contributed by atoms with E-state index in [9.17, 15) is 14.7 Å². The van der Waals surface area contributed by atoms with Crippen LogP contribution in [0.1, 0.15) is 28.3 Å². The molecule has 1 unspecified atom stereocenters. The number of aliphatic hydroxyl groups excluding tert-OH is 1. The molecule has 1 saturated heterocycles. The van der Waals surface area contributed by atoms with Crippen LogP contribution in [0, 0.1) is 6.92 Å². The lowest BCUT2D eigenvalue weighted by Crippen LogP contribution is -2.29. The summed E-state index contributed by atoms with van der Waals surface area (Å²) in [6, 6.07) is 15.7. The molecule has 184 valence electrons. The molecule has 0 saturated carbocycles. The van der Waals surface area contributed by atoms with Gasteiger partial charge in [0.05, 0.1) is 11.6 Å². The standard InChI is InChI=1S/C29H29N3O4/c1-5-15-36-23-12-13-24(19(2)16-23)27(33)25-26(21-8-10-22(11-9-21)31(3)4)32(29(35)28(25)34)18-20-7-6-14-30-17-20/h5-14,16-17,26,33H,1,15,18H2,2-4H3/b27-25+. The first kappa shape index (κ1) is 24.7. The highest BCUT2D eigenvalue weighted by atomic mass is 16.5. The van der Waals surface area contributed by atoms with Gasteiger partial charge in [-0.25, -0.2) is 0 Å². The summed E-state index contributed by atoms with van der Waals surface area (Å²) in [4.78, 5) is 34.2. The lowest BCUT2D eigenvalue weighted by Gasteiger charge is -2.26. The van der Waals surface area contributed by atoms with Crippen molar-refractivity contribution in [1.82, 2.24) is 9.88 Å². The smallest absolute Gasteiger partial charge is 0.295 e. The van der Waals surface area contributed by atoms with E-state index in [4.69, 9.17) is 4.74 Å². The number of benzene rings is 2. The number of hydrogen-bond acceptors (Lipinski definition) is 6. The van der Waals surface area contributed by atoms with Gasteiger partial charge in [-0.1, -0.05) is 30.9 Å². The van der Waals surface area contributed by atoms with Gasteiger partial charge in [-0.05, 0) is 60.0 Å². The zero-order valence-corrected chi connectivity index (χ0v) is 20.6. The summed E-state index contributed by atoms with van der Waals surface area (Å²) in [6.45, 7) is 6.01. The van der Waals surface area contributed by atoms with Crippen molar-refractivity contribution in [2.24, 2.45) is 0 Å². The molecule has 1 fully saturated rings. The molecule has 7 heteroatoms. The largest absolute Gasteiger partial charge is 0.507 e. The van der Waals surface area contributed by atoms with Crippen LogP contribution in [0.25, 0.3) is 5.76 Å². The van der Waals surface area contributed by atoms with Gasteiger partial charge in [-0.2, -0.15) is 0 Å². The van der Waals surface area contributed by atoms with Crippen molar-refractivity contribution < 1.29 is 19.4 Å². The summed E-state index contributed by atoms with van der Waals surface area (Å²) in [5.74, 6) is -0.969. The number of pyridine rings is 1. The van der Waals surface area contributed by atoms with Crippen molar-refractivity contribution in [2.75, 3.05) is 25.6 Å². The van der Waals surface area contributed by atoms with Gasteiger partial charge in [0.2, 0.25) is 0 Å². The Morgan fingerprint density at radius 2 is 1.92 bits per heavy atom. The predicted molar refractivity (Wildman–Crippen MR) is 140 cm³/mol. The Bertz CT molecular complexity index is 1310. The number of nitrogens with zero attached hydrogens (tertiary/aromatic N) is 3. The Kier molecular flexibility index (Phi) is 7.20. The van der Waals surface area contributed by atoms with Gasteiger partial charge in [0.15, 0.2) is 0 Å². The monoisotopic (exact) mass is 483 g/mol. The minimum absolute atomic E-state index is 0.0596. The summed E-state index contributed by atoms with van der Waals surface area (Å²) < 4.78 is 5.58. The lowest BCUT2D eigenvalue weighted by molar-refractivity contribution is -0.140.